The summed E-state index contributed by atoms with van der Waals surface area (Å²) in [4.78, 5) is 27.2. The summed E-state index contributed by atoms with van der Waals surface area (Å²) in [5, 5.41) is 5.22. The van der Waals surface area contributed by atoms with E-state index in [9.17, 15) is 9.59 Å². The summed E-state index contributed by atoms with van der Waals surface area (Å²) in [5.74, 6) is 0.206. The summed E-state index contributed by atoms with van der Waals surface area (Å²) in [6.07, 6.45) is -0.180. The summed E-state index contributed by atoms with van der Waals surface area (Å²) >= 11 is 0. The fourth-order valence-corrected chi connectivity index (χ4v) is 4.53. The van der Waals surface area contributed by atoms with Gasteiger partial charge in [0.1, 0.15) is 11.8 Å². The van der Waals surface area contributed by atoms with E-state index in [4.69, 9.17) is 9.47 Å². The number of carbonyl (C=O) groups excluding carboxylic acids is 2. The number of esters is 1. The highest BCUT2D eigenvalue weighted by molar-refractivity contribution is 5.94. The van der Waals surface area contributed by atoms with Gasteiger partial charge in [0, 0.05) is 11.3 Å². The summed E-state index contributed by atoms with van der Waals surface area (Å²) in [6, 6.07) is 20.7. The van der Waals surface area contributed by atoms with Crippen molar-refractivity contribution in [2.75, 3.05) is 11.5 Å². The van der Waals surface area contributed by atoms with Crippen LogP contribution >= 0.6 is 0 Å². The fraction of sp³-hybridized carbons (Fsp3) is 0.250. The molecular formula is C24H22N2O4. The fourth-order valence-electron chi connectivity index (χ4n) is 4.53. The number of nitrogens with zero attached hydrogens (tertiary/aromatic N) is 1. The number of amides is 1. The molecule has 152 valence electrons. The molecule has 2 heterocycles. The zero-order valence-electron chi connectivity index (χ0n) is 16.6. The van der Waals surface area contributed by atoms with E-state index in [1.54, 1.807) is 17.9 Å². The van der Waals surface area contributed by atoms with Gasteiger partial charge in [-0.1, -0.05) is 54.6 Å². The van der Waals surface area contributed by atoms with Crippen molar-refractivity contribution in [3.8, 4) is 5.75 Å². The van der Waals surface area contributed by atoms with Gasteiger partial charge in [-0.3, -0.25) is 10.2 Å². The van der Waals surface area contributed by atoms with Crippen molar-refractivity contribution in [3.05, 3.63) is 72.3 Å². The number of fused-ring (bicyclic) bond motifs is 4. The second-order valence-corrected chi connectivity index (χ2v) is 7.53. The molecule has 3 aromatic carbocycles. The maximum atomic E-state index is 13.0. The molecule has 0 saturated carbocycles. The Balaban J connectivity index is 1.40. The highest BCUT2D eigenvalue weighted by atomic mass is 16.6. The third kappa shape index (κ3) is 3.00. The normalized spacial score (nSPS) is 21.9. The maximum Gasteiger partial charge on any atom is 0.415 e. The van der Waals surface area contributed by atoms with E-state index in [2.05, 4.69) is 5.32 Å². The van der Waals surface area contributed by atoms with Gasteiger partial charge in [0.15, 0.2) is 0 Å². The SMILES string of the molecule is CCOC(=O)N1c2ccccc2[C@H]2C[C@@H](C(=O)Oc3cccc4ccccc34)N[C@H]21. The van der Waals surface area contributed by atoms with Crippen LogP contribution in [0.2, 0.25) is 0 Å². The second-order valence-electron chi connectivity index (χ2n) is 7.53. The van der Waals surface area contributed by atoms with Crippen LogP contribution in [-0.2, 0) is 9.53 Å². The first-order valence-electron chi connectivity index (χ1n) is 10.2. The van der Waals surface area contributed by atoms with Crippen LogP contribution in [0.1, 0.15) is 24.8 Å². The van der Waals surface area contributed by atoms with E-state index in [1.807, 2.05) is 60.7 Å². The number of benzene rings is 3. The minimum Gasteiger partial charge on any atom is -0.449 e. The zero-order valence-corrected chi connectivity index (χ0v) is 16.6. The maximum absolute atomic E-state index is 13.0. The lowest BCUT2D eigenvalue weighted by Gasteiger charge is -2.25. The lowest BCUT2D eigenvalue weighted by Crippen LogP contribution is -2.49. The van der Waals surface area contributed by atoms with Gasteiger partial charge in [0.05, 0.1) is 18.5 Å². The highest BCUT2D eigenvalue weighted by Gasteiger charge is 2.50. The number of hydrogen-bond acceptors (Lipinski definition) is 5. The van der Waals surface area contributed by atoms with E-state index in [0.29, 0.717) is 18.8 Å². The van der Waals surface area contributed by atoms with Gasteiger partial charge in [-0.2, -0.15) is 0 Å². The Kier molecular flexibility index (Phi) is 4.64. The van der Waals surface area contributed by atoms with Crippen LogP contribution < -0.4 is 15.0 Å². The summed E-state index contributed by atoms with van der Waals surface area (Å²) in [5.41, 5.74) is 1.88. The summed E-state index contributed by atoms with van der Waals surface area (Å²) in [6.45, 7) is 2.07. The topological polar surface area (TPSA) is 67.9 Å². The van der Waals surface area contributed by atoms with Crippen LogP contribution in [-0.4, -0.2) is 30.9 Å². The zero-order chi connectivity index (χ0) is 20.7. The Bertz CT molecular complexity index is 1120. The van der Waals surface area contributed by atoms with Crippen LogP contribution in [0.25, 0.3) is 10.8 Å². The molecule has 1 fully saturated rings. The predicted molar refractivity (Wildman–Crippen MR) is 114 cm³/mol. The molecule has 0 unspecified atom stereocenters. The third-order valence-electron chi connectivity index (χ3n) is 5.83. The molecule has 2 aliphatic heterocycles. The van der Waals surface area contributed by atoms with Crippen molar-refractivity contribution in [3.63, 3.8) is 0 Å². The molecule has 0 spiro atoms. The summed E-state index contributed by atoms with van der Waals surface area (Å²) in [7, 11) is 0. The molecule has 5 rings (SSSR count). The molecular weight excluding hydrogens is 380 g/mol. The van der Waals surface area contributed by atoms with Gasteiger partial charge in [-0.25, -0.2) is 9.59 Å². The average molecular weight is 402 g/mol. The molecule has 6 nitrogen and oxygen atoms in total. The standard InChI is InChI=1S/C24H22N2O4/c1-2-29-24(28)26-20-12-6-5-11-17(20)18-14-19(25-22(18)26)23(27)30-21-13-7-9-15-8-3-4-10-16(15)21/h3-13,18-19,22,25H,2,14H2,1H3/t18-,19+,22+/m1/s1. The summed E-state index contributed by atoms with van der Waals surface area (Å²) < 4.78 is 11.0. The predicted octanol–water partition coefficient (Wildman–Crippen LogP) is 4.19. The Hall–Kier alpha value is -3.38. The molecule has 3 atom stereocenters. The molecule has 6 heteroatoms. The Morgan fingerprint density at radius 1 is 1.03 bits per heavy atom. The number of carbonyl (C=O) groups is 2. The van der Waals surface area contributed by atoms with Crippen LogP contribution in [0.15, 0.2) is 66.7 Å². The van der Waals surface area contributed by atoms with Gasteiger partial charge >= 0.3 is 12.1 Å². The number of rotatable bonds is 3. The van der Waals surface area contributed by atoms with Gasteiger partial charge in [0.25, 0.3) is 0 Å². The number of ether oxygens (including phenoxy) is 2. The minimum atomic E-state index is -0.510. The van der Waals surface area contributed by atoms with Crippen molar-refractivity contribution >= 4 is 28.5 Å². The van der Waals surface area contributed by atoms with Crippen LogP contribution in [0.3, 0.4) is 0 Å². The molecule has 1 N–H and O–H groups in total. The smallest absolute Gasteiger partial charge is 0.415 e. The van der Waals surface area contributed by atoms with Crippen molar-refractivity contribution in [1.82, 2.24) is 5.32 Å². The van der Waals surface area contributed by atoms with E-state index < -0.39 is 12.1 Å². The van der Waals surface area contributed by atoms with Crippen LogP contribution in [0.5, 0.6) is 5.75 Å². The lowest BCUT2D eigenvalue weighted by atomic mass is 9.96. The molecule has 1 saturated heterocycles. The monoisotopic (exact) mass is 402 g/mol. The average Bonchev–Trinajstić information content (AvgIpc) is 3.31. The van der Waals surface area contributed by atoms with E-state index in [1.165, 1.54) is 0 Å². The van der Waals surface area contributed by atoms with E-state index in [0.717, 1.165) is 22.0 Å². The largest absolute Gasteiger partial charge is 0.449 e. The van der Waals surface area contributed by atoms with Gasteiger partial charge in [-0.15, -0.1) is 0 Å². The molecule has 30 heavy (non-hydrogen) atoms. The number of para-hydroxylation sites is 1. The Morgan fingerprint density at radius 3 is 2.67 bits per heavy atom. The minimum absolute atomic E-state index is 0.00988. The third-order valence-corrected chi connectivity index (χ3v) is 5.83. The van der Waals surface area contributed by atoms with Gasteiger partial charge in [-0.05, 0) is 36.4 Å². The van der Waals surface area contributed by atoms with Crippen LogP contribution in [0, 0.1) is 0 Å². The first-order valence-corrected chi connectivity index (χ1v) is 10.2. The molecule has 0 aliphatic carbocycles. The quantitative estimate of drug-likeness (QED) is 0.526. The van der Waals surface area contributed by atoms with Crippen LogP contribution in [0.4, 0.5) is 10.5 Å². The van der Waals surface area contributed by atoms with Gasteiger partial charge in [0.2, 0.25) is 0 Å². The number of hydrogen-bond donors (Lipinski definition) is 1. The molecule has 1 amide bonds. The number of nitrogens with one attached hydrogen (secondary N) is 1. The Morgan fingerprint density at radius 2 is 1.80 bits per heavy atom. The van der Waals surface area contributed by atoms with E-state index in [-0.39, 0.29) is 18.1 Å². The molecule has 3 aromatic rings. The first kappa shape index (κ1) is 18.6. The first-order chi connectivity index (χ1) is 14.7. The van der Waals surface area contributed by atoms with Crippen molar-refractivity contribution in [2.24, 2.45) is 0 Å². The van der Waals surface area contributed by atoms with Crippen molar-refractivity contribution in [1.29, 1.82) is 0 Å². The Labute approximate surface area is 174 Å². The lowest BCUT2D eigenvalue weighted by molar-refractivity contribution is -0.136. The molecule has 0 radical (unpaired) electrons. The molecule has 2 aliphatic rings. The van der Waals surface area contributed by atoms with Gasteiger partial charge < -0.3 is 9.47 Å². The molecule has 0 aromatic heterocycles. The van der Waals surface area contributed by atoms with Crippen molar-refractivity contribution < 1.29 is 19.1 Å². The second kappa shape index (κ2) is 7.46. The molecule has 0 bridgehead atoms. The van der Waals surface area contributed by atoms with E-state index >= 15 is 0 Å². The number of anilines is 1. The van der Waals surface area contributed by atoms with Crippen molar-refractivity contribution in [2.45, 2.75) is 31.5 Å². The highest BCUT2D eigenvalue weighted by Crippen LogP contribution is 2.46.